The highest BCUT2D eigenvalue weighted by Crippen LogP contribution is 2.34. The van der Waals surface area contributed by atoms with Gasteiger partial charge in [0.05, 0.1) is 33.6 Å². The molecule has 0 N–H and O–H groups in total. The molecule has 0 saturated carbocycles. The maximum atomic E-state index is 13.0. The second kappa shape index (κ2) is 7.82. The van der Waals surface area contributed by atoms with Gasteiger partial charge in [-0.1, -0.05) is 6.92 Å². The van der Waals surface area contributed by atoms with Gasteiger partial charge in [0.2, 0.25) is 0 Å². The third-order valence-electron chi connectivity index (χ3n) is 5.12. The van der Waals surface area contributed by atoms with Crippen LogP contribution in [0, 0.1) is 0 Å². The maximum Gasteiger partial charge on any atom is 0.435 e. The number of halogens is 6. The molecule has 0 saturated heterocycles. The SMILES string of the molecule is CCS(=O)(=O)c1cc(-n2ccc(C(F)(F)F)n2)ccc1-c1nc2cc(C(F)(F)F)ncc2n1C. The lowest BCUT2D eigenvalue weighted by molar-refractivity contribution is -0.142. The standard InChI is InChI=1S/C20H15F6N5O2S/c1-3-34(32,33)15-8-11(31-7-6-16(29-31)19(21,22)23)4-5-12(15)18-28-13-9-17(20(24,25)26)27-10-14(13)30(18)2/h4-10H,3H2,1-2H3. The van der Waals surface area contributed by atoms with Crippen molar-refractivity contribution in [1.82, 2.24) is 24.3 Å². The fraction of sp³-hybridized carbons (Fsp3) is 0.250. The number of pyridine rings is 1. The summed E-state index contributed by atoms with van der Waals surface area (Å²) in [4.78, 5) is 7.34. The molecule has 0 radical (unpaired) electrons. The average molecular weight is 503 g/mol. The van der Waals surface area contributed by atoms with Gasteiger partial charge in [-0.25, -0.2) is 23.1 Å². The fourth-order valence-corrected chi connectivity index (χ4v) is 4.46. The zero-order valence-corrected chi connectivity index (χ0v) is 18.3. The minimum absolute atomic E-state index is 0.0473. The highest BCUT2D eigenvalue weighted by molar-refractivity contribution is 7.91. The van der Waals surface area contributed by atoms with Crippen LogP contribution in [0.25, 0.3) is 28.1 Å². The predicted molar refractivity (Wildman–Crippen MR) is 109 cm³/mol. The number of fused-ring (bicyclic) bond motifs is 1. The van der Waals surface area contributed by atoms with Crippen molar-refractivity contribution in [3.8, 4) is 17.1 Å². The first-order valence-electron chi connectivity index (χ1n) is 9.62. The molecule has 0 fully saturated rings. The Morgan fingerprint density at radius 2 is 1.65 bits per heavy atom. The fourth-order valence-electron chi connectivity index (χ4n) is 3.35. The van der Waals surface area contributed by atoms with E-state index in [0.29, 0.717) is 0 Å². The molecule has 4 rings (SSSR count). The molecular weight excluding hydrogens is 488 g/mol. The van der Waals surface area contributed by atoms with Gasteiger partial charge in [0.15, 0.2) is 15.5 Å². The first-order chi connectivity index (χ1) is 15.7. The molecule has 3 heterocycles. The van der Waals surface area contributed by atoms with E-state index in [0.717, 1.165) is 35.3 Å². The highest BCUT2D eigenvalue weighted by atomic mass is 32.2. The van der Waals surface area contributed by atoms with Gasteiger partial charge in [-0.05, 0) is 30.3 Å². The van der Waals surface area contributed by atoms with Crippen LogP contribution in [0.2, 0.25) is 0 Å². The topological polar surface area (TPSA) is 82.7 Å². The number of nitrogens with zero attached hydrogens (tertiary/aromatic N) is 5. The van der Waals surface area contributed by atoms with Crippen molar-refractivity contribution in [2.75, 3.05) is 5.75 Å². The summed E-state index contributed by atoms with van der Waals surface area (Å²) in [6.45, 7) is 1.38. The lowest BCUT2D eigenvalue weighted by Crippen LogP contribution is -2.10. The molecule has 0 unspecified atom stereocenters. The monoisotopic (exact) mass is 503 g/mol. The molecular formula is C20H15F6N5O2S. The van der Waals surface area contributed by atoms with Gasteiger partial charge in [0.1, 0.15) is 11.5 Å². The summed E-state index contributed by atoms with van der Waals surface area (Å²) in [5.41, 5.74) is -2.01. The molecule has 1 aromatic carbocycles. The van der Waals surface area contributed by atoms with Crippen LogP contribution in [0.15, 0.2) is 47.6 Å². The van der Waals surface area contributed by atoms with E-state index in [1.54, 1.807) is 0 Å². The predicted octanol–water partition coefficient (Wildman–Crippen LogP) is 4.65. The van der Waals surface area contributed by atoms with E-state index in [-0.39, 0.29) is 38.8 Å². The molecule has 0 aliphatic carbocycles. The number of benzene rings is 1. The molecule has 0 aliphatic heterocycles. The normalized spacial score (nSPS) is 13.1. The average Bonchev–Trinajstić information content (AvgIpc) is 3.38. The Balaban J connectivity index is 1.91. The molecule has 4 aromatic rings. The molecule has 0 aliphatic rings. The van der Waals surface area contributed by atoms with Gasteiger partial charge in [0, 0.05) is 18.8 Å². The number of rotatable bonds is 4. The van der Waals surface area contributed by atoms with E-state index in [4.69, 9.17) is 0 Å². The smallest absolute Gasteiger partial charge is 0.326 e. The number of aromatic nitrogens is 5. The number of sulfone groups is 1. The lowest BCUT2D eigenvalue weighted by Gasteiger charge is -2.12. The van der Waals surface area contributed by atoms with Crippen molar-refractivity contribution in [3.63, 3.8) is 0 Å². The van der Waals surface area contributed by atoms with Crippen LogP contribution in [0.3, 0.4) is 0 Å². The van der Waals surface area contributed by atoms with Crippen LogP contribution in [0.4, 0.5) is 26.3 Å². The van der Waals surface area contributed by atoms with Gasteiger partial charge in [-0.3, -0.25) is 0 Å². The van der Waals surface area contributed by atoms with E-state index >= 15 is 0 Å². The second-order valence-electron chi connectivity index (χ2n) is 7.28. The quantitative estimate of drug-likeness (QED) is 0.379. The number of hydrogen-bond donors (Lipinski definition) is 0. The van der Waals surface area contributed by atoms with E-state index < -0.39 is 33.6 Å². The molecule has 0 amide bonds. The summed E-state index contributed by atoms with van der Waals surface area (Å²) < 4.78 is 106. The number of imidazole rings is 1. The van der Waals surface area contributed by atoms with Gasteiger partial charge in [-0.2, -0.15) is 31.4 Å². The van der Waals surface area contributed by atoms with Crippen LogP contribution in [0.5, 0.6) is 0 Å². The summed E-state index contributed by atoms with van der Waals surface area (Å²) in [5, 5.41) is 3.45. The van der Waals surface area contributed by atoms with Gasteiger partial charge in [0.25, 0.3) is 0 Å². The van der Waals surface area contributed by atoms with Crippen LogP contribution in [0.1, 0.15) is 18.3 Å². The van der Waals surface area contributed by atoms with E-state index in [9.17, 15) is 34.8 Å². The van der Waals surface area contributed by atoms with E-state index in [1.807, 2.05) is 0 Å². The number of aryl methyl sites for hydroxylation is 1. The Hall–Kier alpha value is -3.42. The van der Waals surface area contributed by atoms with E-state index in [1.165, 1.54) is 30.7 Å². The van der Waals surface area contributed by atoms with Crippen molar-refractivity contribution in [3.05, 3.63) is 54.1 Å². The summed E-state index contributed by atoms with van der Waals surface area (Å²) in [5.74, 6) is -0.286. The van der Waals surface area contributed by atoms with Crippen LogP contribution < -0.4 is 0 Å². The van der Waals surface area contributed by atoms with Crippen molar-refractivity contribution in [1.29, 1.82) is 0 Å². The van der Waals surface area contributed by atoms with Crippen LogP contribution in [-0.4, -0.2) is 38.5 Å². The van der Waals surface area contributed by atoms with Crippen molar-refractivity contribution >= 4 is 20.9 Å². The van der Waals surface area contributed by atoms with E-state index in [2.05, 4.69) is 15.1 Å². The van der Waals surface area contributed by atoms with Crippen LogP contribution in [-0.2, 0) is 29.2 Å². The van der Waals surface area contributed by atoms with Crippen LogP contribution >= 0.6 is 0 Å². The molecule has 34 heavy (non-hydrogen) atoms. The molecule has 14 heteroatoms. The first kappa shape index (κ1) is 23.7. The summed E-state index contributed by atoms with van der Waals surface area (Å²) in [7, 11) is -2.44. The second-order valence-corrected chi connectivity index (χ2v) is 9.52. The Bertz CT molecular complexity index is 1500. The summed E-state index contributed by atoms with van der Waals surface area (Å²) >= 11 is 0. The Morgan fingerprint density at radius 3 is 2.24 bits per heavy atom. The Morgan fingerprint density at radius 1 is 0.971 bits per heavy atom. The highest BCUT2D eigenvalue weighted by Gasteiger charge is 2.34. The van der Waals surface area contributed by atoms with Gasteiger partial charge in [-0.15, -0.1) is 0 Å². The van der Waals surface area contributed by atoms with Gasteiger partial charge < -0.3 is 4.57 Å². The molecule has 7 nitrogen and oxygen atoms in total. The first-order valence-corrected chi connectivity index (χ1v) is 11.3. The summed E-state index contributed by atoms with van der Waals surface area (Å²) in [6, 6.07) is 5.32. The number of hydrogen-bond acceptors (Lipinski definition) is 5. The molecule has 0 bridgehead atoms. The Labute approximate surface area is 188 Å². The van der Waals surface area contributed by atoms with Crippen molar-refractivity contribution in [2.24, 2.45) is 7.05 Å². The zero-order valence-electron chi connectivity index (χ0n) is 17.5. The molecule has 0 atom stereocenters. The van der Waals surface area contributed by atoms with Gasteiger partial charge >= 0.3 is 12.4 Å². The van der Waals surface area contributed by atoms with Crippen molar-refractivity contribution in [2.45, 2.75) is 24.2 Å². The number of alkyl halides is 6. The lowest BCUT2D eigenvalue weighted by atomic mass is 10.2. The summed E-state index contributed by atoms with van der Waals surface area (Å²) in [6.07, 6.45) is -7.35. The zero-order chi connectivity index (χ0) is 25.1. The Kier molecular flexibility index (Phi) is 5.46. The molecule has 0 spiro atoms. The third kappa shape index (κ3) is 4.13. The molecule has 180 valence electrons. The van der Waals surface area contributed by atoms with Crippen molar-refractivity contribution < 1.29 is 34.8 Å². The minimum Gasteiger partial charge on any atom is -0.326 e. The largest absolute Gasteiger partial charge is 0.435 e. The maximum absolute atomic E-state index is 13.0. The minimum atomic E-state index is -4.69. The molecule has 3 aromatic heterocycles. The third-order valence-corrected chi connectivity index (χ3v) is 6.89.